The van der Waals surface area contributed by atoms with E-state index in [4.69, 9.17) is 5.11 Å². The number of carboxylic acids is 1. The van der Waals surface area contributed by atoms with E-state index >= 15 is 0 Å². The maximum Gasteiger partial charge on any atom is 0.347 e. The highest BCUT2D eigenvalue weighted by Gasteiger charge is 2.26. The second-order valence-corrected chi connectivity index (χ2v) is 3.87. The lowest BCUT2D eigenvalue weighted by Gasteiger charge is -2.25. The molecular weight excluding hydrogens is 196 g/mol. The second kappa shape index (κ2) is 3.49. The zero-order chi connectivity index (χ0) is 11.0. The van der Waals surface area contributed by atoms with Crippen molar-refractivity contribution in [2.75, 3.05) is 0 Å². The first-order valence-corrected chi connectivity index (χ1v) is 4.90. The zero-order valence-electron chi connectivity index (χ0n) is 8.43. The average Bonchev–Trinajstić information content (AvgIpc) is 2.07. The Morgan fingerprint density at radius 2 is 2.27 bits per heavy atom. The normalized spacial score (nSPS) is 16.1. The Hall–Kier alpha value is -1.65. The minimum Gasteiger partial charge on any atom is -0.478 e. The van der Waals surface area contributed by atoms with Gasteiger partial charge in [0.25, 0.3) is 0 Å². The van der Waals surface area contributed by atoms with Crippen molar-refractivity contribution in [2.24, 2.45) is 7.05 Å². The Morgan fingerprint density at radius 3 is 2.73 bits per heavy atom. The molecule has 0 radical (unpaired) electrons. The van der Waals surface area contributed by atoms with Gasteiger partial charge >= 0.3 is 11.7 Å². The third-order valence-corrected chi connectivity index (χ3v) is 2.84. The summed E-state index contributed by atoms with van der Waals surface area (Å²) in [5.74, 6) is -0.856. The number of carboxylic acid groups (broad SMARTS) is 1. The van der Waals surface area contributed by atoms with E-state index in [1.54, 1.807) is 0 Å². The molecule has 5 nitrogen and oxygen atoms in total. The summed E-state index contributed by atoms with van der Waals surface area (Å²) < 4.78 is 1.20. The van der Waals surface area contributed by atoms with Crippen LogP contribution in [0.5, 0.6) is 0 Å². The van der Waals surface area contributed by atoms with Crippen LogP contribution >= 0.6 is 0 Å². The highest BCUT2D eigenvalue weighted by Crippen LogP contribution is 2.36. The van der Waals surface area contributed by atoms with Gasteiger partial charge in [0.1, 0.15) is 0 Å². The maximum atomic E-state index is 11.3. The van der Waals surface area contributed by atoms with Crippen molar-refractivity contribution in [1.29, 1.82) is 0 Å². The van der Waals surface area contributed by atoms with E-state index in [0.29, 0.717) is 5.69 Å². The van der Waals surface area contributed by atoms with Gasteiger partial charge in [-0.3, -0.25) is 0 Å². The number of aryl methyl sites for hydroxylation is 1. The summed E-state index contributed by atoms with van der Waals surface area (Å²) in [6.45, 7) is 0. The van der Waals surface area contributed by atoms with Crippen LogP contribution < -0.4 is 5.69 Å². The maximum absolute atomic E-state index is 11.3. The fourth-order valence-electron chi connectivity index (χ4n) is 1.71. The summed E-state index contributed by atoms with van der Waals surface area (Å²) in [6.07, 6.45) is 4.30. The summed E-state index contributed by atoms with van der Waals surface area (Å²) in [6, 6.07) is 0. The molecule has 0 saturated heterocycles. The SMILES string of the molecule is Cn1cc(C(=O)O)c(C2CCC2)nc1=O. The van der Waals surface area contributed by atoms with Gasteiger partial charge in [-0.15, -0.1) is 0 Å². The minimum atomic E-state index is -1.01. The number of rotatable bonds is 2. The molecule has 1 aliphatic rings. The predicted molar refractivity (Wildman–Crippen MR) is 53.0 cm³/mol. The number of aromatic carboxylic acids is 1. The predicted octanol–water partition coefficient (Wildman–Crippen LogP) is 0.746. The average molecular weight is 208 g/mol. The molecule has 0 bridgehead atoms. The molecule has 0 amide bonds. The van der Waals surface area contributed by atoms with Gasteiger partial charge in [-0.2, -0.15) is 4.98 Å². The van der Waals surface area contributed by atoms with Gasteiger partial charge in [-0.1, -0.05) is 6.42 Å². The third-order valence-electron chi connectivity index (χ3n) is 2.84. The van der Waals surface area contributed by atoms with Crippen molar-refractivity contribution in [3.05, 3.63) is 27.9 Å². The van der Waals surface area contributed by atoms with Crippen LogP contribution in [-0.4, -0.2) is 20.6 Å². The Kier molecular flexibility index (Phi) is 2.30. The van der Waals surface area contributed by atoms with Crippen molar-refractivity contribution in [1.82, 2.24) is 9.55 Å². The number of carbonyl (C=O) groups is 1. The summed E-state index contributed by atoms with van der Waals surface area (Å²) in [4.78, 5) is 26.1. The first-order valence-electron chi connectivity index (χ1n) is 4.90. The molecule has 0 unspecified atom stereocenters. The first-order chi connectivity index (χ1) is 7.09. The van der Waals surface area contributed by atoms with Crippen LogP contribution in [0, 0.1) is 0 Å². The molecule has 0 spiro atoms. The fraction of sp³-hybridized carbons (Fsp3) is 0.500. The van der Waals surface area contributed by atoms with Crippen LogP contribution in [0.15, 0.2) is 11.0 Å². The van der Waals surface area contributed by atoms with Crippen LogP contribution in [0.3, 0.4) is 0 Å². The van der Waals surface area contributed by atoms with Crippen molar-refractivity contribution >= 4 is 5.97 Å². The summed E-state index contributed by atoms with van der Waals surface area (Å²) in [5.41, 5.74) is 0.223. The van der Waals surface area contributed by atoms with E-state index in [0.717, 1.165) is 19.3 Å². The molecule has 0 atom stereocenters. The molecule has 0 aliphatic heterocycles. The largest absolute Gasteiger partial charge is 0.478 e. The Labute approximate surface area is 86.4 Å². The van der Waals surface area contributed by atoms with Crippen molar-refractivity contribution in [2.45, 2.75) is 25.2 Å². The lowest BCUT2D eigenvalue weighted by molar-refractivity contribution is 0.0692. The Bertz CT molecular complexity index is 460. The van der Waals surface area contributed by atoms with Crippen LogP contribution in [-0.2, 0) is 7.05 Å². The topological polar surface area (TPSA) is 72.2 Å². The van der Waals surface area contributed by atoms with Gasteiger partial charge in [0, 0.05) is 19.2 Å². The van der Waals surface area contributed by atoms with E-state index in [-0.39, 0.29) is 17.2 Å². The molecule has 1 aromatic rings. The lowest BCUT2D eigenvalue weighted by Crippen LogP contribution is -2.27. The summed E-state index contributed by atoms with van der Waals surface area (Å²) in [7, 11) is 1.51. The molecule has 1 fully saturated rings. The van der Waals surface area contributed by atoms with E-state index in [2.05, 4.69) is 4.98 Å². The Morgan fingerprint density at radius 1 is 1.60 bits per heavy atom. The van der Waals surface area contributed by atoms with E-state index in [1.807, 2.05) is 0 Å². The fourth-order valence-corrected chi connectivity index (χ4v) is 1.71. The standard InChI is InChI=1S/C10H12N2O3/c1-12-5-7(9(13)14)8(11-10(12)15)6-3-2-4-6/h5-6H,2-4H2,1H3,(H,13,14). The summed E-state index contributed by atoms with van der Waals surface area (Å²) >= 11 is 0. The van der Waals surface area contributed by atoms with Gasteiger partial charge in [-0.05, 0) is 12.8 Å². The Balaban J connectivity index is 2.54. The number of nitrogens with zero attached hydrogens (tertiary/aromatic N) is 2. The smallest absolute Gasteiger partial charge is 0.347 e. The van der Waals surface area contributed by atoms with Gasteiger partial charge < -0.3 is 9.67 Å². The molecule has 80 valence electrons. The van der Waals surface area contributed by atoms with Crippen LogP contribution in [0.25, 0.3) is 0 Å². The van der Waals surface area contributed by atoms with Crippen molar-refractivity contribution in [3.63, 3.8) is 0 Å². The second-order valence-electron chi connectivity index (χ2n) is 3.87. The van der Waals surface area contributed by atoms with Gasteiger partial charge in [0.15, 0.2) is 0 Å². The van der Waals surface area contributed by atoms with Gasteiger partial charge in [0.2, 0.25) is 0 Å². The lowest BCUT2D eigenvalue weighted by atomic mass is 9.81. The van der Waals surface area contributed by atoms with E-state index < -0.39 is 5.97 Å². The summed E-state index contributed by atoms with van der Waals surface area (Å²) in [5, 5.41) is 8.99. The third kappa shape index (κ3) is 1.65. The highest BCUT2D eigenvalue weighted by atomic mass is 16.4. The molecule has 1 saturated carbocycles. The van der Waals surface area contributed by atoms with Crippen molar-refractivity contribution < 1.29 is 9.90 Å². The minimum absolute atomic E-state index is 0.154. The molecule has 1 N–H and O–H groups in total. The number of hydrogen-bond donors (Lipinski definition) is 1. The number of aromatic nitrogens is 2. The molecule has 1 heterocycles. The van der Waals surface area contributed by atoms with Crippen molar-refractivity contribution in [3.8, 4) is 0 Å². The van der Waals surface area contributed by atoms with Gasteiger partial charge in [-0.25, -0.2) is 9.59 Å². The highest BCUT2D eigenvalue weighted by molar-refractivity contribution is 5.88. The van der Waals surface area contributed by atoms with Crippen LogP contribution in [0.1, 0.15) is 41.2 Å². The van der Waals surface area contributed by atoms with E-state index in [9.17, 15) is 9.59 Å². The zero-order valence-corrected chi connectivity index (χ0v) is 8.43. The molecule has 5 heteroatoms. The first kappa shape index (κ1) is 9.89. The molecule has 1 aromatic heterocycles. The molecular formula is C10H12N2O3. The molecule has 2 rings (SSSR count). The quantitative estimate of drug-likeness (QED) is 0.778. The number of hydrogen-bond acceptors (Lipinski definition) is 3. The monoisotopic (exact) mass is 208 g/mol. The van der Waals surface area contributed by atoms with E-state index in [1.165, 1.54) is 17.8 Å². The van der Waals surface area contributed by atoms with Gasteiger partial charge in [0.05, 0.1) is 11.3 Å². The molecule has 1 aliphatic carbocycles. The van der Waals surface area contributed by atoms with Crippen LogP contribution in [0.2, 0.25) is 0 Å². The van der Waals surface area contributed by atoms with Crippen LogP contribution in [0.4, 0.5) is 0 Å². The molecule has 15 heavy (non-hydrogen) atoms. The molecule has 0 aromatic carbocycles.